The fraction of sp³-hybridized carbons (Fsp3) is 0.286. The highest BCUT2D eigenvalue weighted by molar-refractivity contribution is 7.92. The summed E-state index contributed by atoms with van der Waals surface area (Å²) in [4.78, 5) is 27.3. The van der Waals surface area contributed by atoms with Crippen LogP contribution >= 0.6 is 11.6 Å². The maximum absolute atomic E-state index is 14.6. The van der Waals surface area contributed by atoms with E-state index < -0.39 is 69.2 Å². The van der Waals surface area contributed by atoms with Crippen molar-refractivity contribution in [1.29, 1.82) is 0 Å². The zero-order valence-electron chi connectivity index (χ0n) is 22.3. The Morgan fingerprint density at radius 1 is 0.951 bits per heavy atom. The number of anilines is 1. The predicted octanol–water partition coefficient (Wildman–Crippen LogP) is 5.64. The van der Waals surface area contributed by atoms with Crippen molar-refractivity contribution in [3.8, 4) is 0 Å². The number of benzene rings is 3. The van der Waals surface area contributed by atoms with E-state index in [1.54, 1.807) is 19.9 Å². The zero-order valence-corrected chi connectivity index (χ0v) is 23.9. The molecule has 1 N–H and O–H groups in total. The zero-order chi connectivity index (χ0) is 30.5. The normalized spacial score (nSPS) is 12.6. The van der Waals surface area contributed by atoms with Crippen LogP contribution in [0.25, 0.3) is 0 Å². The van der Waals surface area contributed by atoms with Crippen molar-refractivity contribution >= 4 is 39.1 Å². The fourth-order valence-electron chi connectivity index (χ4n) is 3.93. The highest BCUT2D eigenvalue weighted by atomic mass is 35.5. The van der Waals surface area contributed by atoms with Gasteiger partial charge in [0, 0.05) is 18.2 Å². The molecule has 3 aromatic rings. The van der Waals surface area contributed by atoms with Gasteiger partial charge in [-0.3, -0.25) is 13.9 Å². The number of sulfonamides is 1. The molecule has 0 aliphatic heterocycles. The minimum Gasteiger partial charge on any atom is -0.352 e. The molecule has 0 aliphatic carbocycles. The van der Waals surface area contributed by atoms with E-state index in [0.29, 0.717) is 10.4 Å². The Balaban J connectivity index is 2.12. The standard InChI is InChI=1S/C28H28ClF4N3O4S/c1-18(2)34-27(38)19(3)35(16-20-9-7-8-12-25(20)30)26(37)17-36(41(39,40)22-10-5-4-6-11-22)21-13-14-24(29)23(15-21)28(31,32)33/h4-15,18-19H,16-17H2,1-3H3,(H,34,38). The maximum atomic E-state index is 14.6. The van der Waals surface area contributed by atoms with E-state index in [9.17, 15) is 35.6 Å². The molecule has 2 amide bonds. The van der Waals surface area contributed by atoms with Crippen LogP contribution in [0.1, 0.15) is 31.9 Å². The number of amides is 2. The molecule has 41 heavy (non-hydrogen) atoms. The summed E-state index contributed by atoms with van der Waals surface area (Å²) < 4.78 is 83.5. The summed E-state index contributed by atoms with van der Waals surface area (Å²) in [5.41, 5.74) is -1.73. The molecule has 0 radical (unpaired) electrons. The first kappa shape index (κ1) is 31.9. The third-order valence-corrected chi connectivity index (χ3v) is 8.17. The van der Waals surface area contributed by atoms with Gasteiger partial charge in [0.1, 0.15) is 18.4 Å². The largest absolute Gasteiger partial charge is 0.417 e. The second-order valence-corrected chi connectivity index (χ2v) is 11.7. The summed E-state index contributed by atoms with van der Waals surface area (Å²) in [6.45, 7) is 3.37. The first-order valence-corrected chi connectivity index (χ1v) is 14.2. The molecule has 1 atom stereocenters. The Hall–Kier alpha value is -3.64. The molecule has 3 rings (SSSR count). The van der Waals surface area contributed by atoms with Gasteiger partial charge < -0.3 is 10.2 Å². The summed E-state index contributed by atoms with van der Waals surface area (Å²) >= 11 is 5.75. The Morgan fingerprint density at radius 2 is 1.56 bits per heavy atom. The number of halogens is 5. The van der Waals surface area contributed by atoms with Gasteiger partial charge in [-0.05, 0) is 57.2 Å². The Labute approximate surface area is 240 Å². The Bertz CT molecular complexity index is 1500. The van der Waals surface area contributed by atoms with Gasteiger partial charge in [-0.15, -0.1) is 0 Å². The molecule has 0 heterocycles. The molecule has 7 nitrogen and oxygen atoms in total. The minimum atomic E-state index is -4.92. The summed E-state index contributed by atoms with van der Waals surface area (Å²) in [5.74, 6) is -2.21. The van der Waals surface area contributed by atoms with Crippen molar-refractivity contribution in [2.75, 3.05) is 10.8 Å². The number of alkyl halides is 3. The van der Waals surface area contributed by atoms with Gasteiger partial charge in [-0.1, -0.05) is 48.0 Å². The first-order valence-electron chi connectivity index (χ1n) is 12.4. The third kappa shape index (κ3) is 7.76. The van der Waals surface area contributed by atoms with Crippen LogP contribution in [0.2, 0.25) is 5.02 Å². The van der Waals surface area contributed by atoms with Gasteiger partial charge >= 0.3 is 6.18 Å². The van der Waals surface area contributed by atoms with Crippen LogP contribution in [0.5, 0.6) is 0 Å². The van der Waals surface area contributed by atoms with Crippen LogP contribution in [-0.4, -0.2) is 43.8 Å². The van der Waals surface area contributed by atoms with E-state index in [4.69, 9.17) is 11.6 Å². The van der Waals surface area contributed by atoms with Crippen molar-refractivity contribution in [2.45, 2.75) is 50.5 Å². The van der Waals surface area contributed by atoms with Crippen molar-refractivity contribution in [1.82, 2.24) is 10.2 Å². The van der Waals surface area contributed by atoms with Crippen LogP contribution in [0.15, 0.2) is 77.7 Å². The summed E-state index contributed by atoms with van der Waals surface area (Å²) in [7, 11) is -4.60. The van der Waals surface area contributed by atoms with Crippen LogP contribution in [0, 0.1) is 5.82 Å². The van der Waals surface area contributed by atoms with Crippen molar-refractivity contribution < 1.29 is 35.6 Å². The molecule has 13 heteroatoms. The molecule has 1 unspecified atom stereocenters. The number of nitrogens with zero attached hydrogens (tertiary/aromatic N) is 2. The lowest BCUT2D eigenvalue weighted by atomic mass is 10.1. The van der Waals surface area contributed by atoms with E-state index >= 15 is 0 Å². The van der Waals surface area contributed by atoms with Gasteiger partial charge in [0.05, 0.1) is 21.2 Å². The van der Waals surface area contributed by atoms with E-state index in [2.05, 4.69) is 5.32 Å². The average molecular weight is 614 g/mol. The van der Waals surface area contributed by atoms with Crippen LogP contribution in [-0.2, 0) is 32.3 Å². The molecule has 0 bridgehead atoms. The number of hydrogen-bond donors (Lipinski definition) is 1. The lowest BCUT2D eigenvalue weighted by molar-refractivity contribution is -0.139. The van der Waals surface area contributed by atoms with Crippen molar-refractivity contribution in [2.24, 2.45) is 0 Å². The highest BCUT2D eigenvalue weighted by Crippen LogP contribution is 2.38. The SMILES string of the molecule is CC(C)NC(=O)C(C)N(Cc1ccccc1F)C(=O)CN(c1ccc(Cl)c(C(F)(F)F)c1)S(=O)(=O)c1ccccc1. The van der Waals surface area contributed by atoms with Gasteiger partial charge in [0.2, 0.25) is 11.8 Å². The Morgan fingerprint density at radius 3 is 2.15 bits per heavy atom. The minimum absolute atomic E-state index is 0.0494. The van der Waals surface area contributed by atoms with E-state index in [1.807, 2.05) is 0 Å². The molecule has 220 valence electrons. The van der Waals surface area contributed by atoms with Crippen molar-refractivity contribution in [3.05, 3.63) is 94.8 Å². The average Bonchev–Trinajstić information content (AvgIpc) is 2.90. The van der Waals surface area contributed by atoms with Crippen molar-refractivity contribution in [3.63, 3.8) is 0 Å². The summed E-state index contributed by atoms with van der Waals surface area (Å²) in [5, 5.41) is 1.99. The summed E-state index contributed by atoms with van der Waals surface area (Å²) in [6, 6.07) is 13.3. The van der Waals surface area contributed by atoms with Gasteiger partial charge in [-0.2, -0.15) is 13.2 Å². The molecule has 0 aromatic heterocycles. The highest BCUT2D eigenvalue weighted by Gasteiger charge is 2.37. The molecule has 0 aliphatic rings. The topological polar surface area (TPSA) is 86.8 Å². The van der Waals surface area contributed by atoms with Gasteiger partial charge in [0.15, 0.2) is 0 Å². The van der Waals surface area contributed by atoms with E-state index in [-0.39, 0.29) is 16.5 Å². The number of carbonyl (C=O) groups is 2. The number of hydrogen-bond acceptors (Lipinski definition) is 4. The quantitative estimate of drug-likeness (QED) is 0.300. The second-order valence-electron chi connectivity index (χ2n) is 9.44. The third-order valence-electron chi connectivity index (χ3n) is 6.05. The molecule has 0 spiro atoms. The summed E-state index contributed by atoms with van der Waals surface area (Å²) in [6.07, 6.45) is -4.92. The Kier molecular flexibility index (Phi) is 10.0. The van der Waals surface area contributed by atoms with Crippen LogP contribution in [0.3, 0.4) is 0 Å². The molecule has 3 aromatic carbocycles. The predicted molar refractivity (Wildman–Crippen MR) is 147 cm³/mol. The fourth-order valence-corrected chi connectivity index (χ4v) is 5.58. The lowest BCUT2D eigenvalue weighted by Gasteiger charge is -2.32. The molecular formula is C28H28ClF4N3O4S. The van der Waals surface area contributed by atoms with E-state index in [1.165, 1.54) is 49.4 Å². The molecule has 0 saturated carbocycles. The monoisotopic (exact) mass is 613 g/mol. The smallest absolute Gasteiger partial charge is 0.352 e. The first-order chi connectivity index (χ1) is 19.1. The lowest BCUT2D eigenvalue weighted by Crippen LogP contribution is -2.52. The number of nitrogens with one attached hydrogen (secondary N) is 1. The van der Waals surface area contributed by atoms with E-state index in [0.717, 1.165) is 23.1 Å². The number of carbonyl (C=O) groups excluding carboxylic acids is 2. The van der Waals surface area contributed by atoms with Gasteiger partial charge in [-0.25, -0.2) is 12.8 Å². The van der Waals surface area contributed by atoms with Crippen LogP contribution < -0.4 is 9.62 Å². The van der Waals surface area contributed by atoms with Gasteiger partial charge in [0.25, 0.3) is 10.0 Å². The molecule has 0 saturated heterocycles. The van der Waals surface area contributed by atoms with Crippen LogP contribution in [0.4, 0.5) is 23.2 Å². The maximum Gasteiger partial charge on any atom is 0.417 e. The number of rotatable bonds is 10. The molecule has 0 fully saturated rings. The molecular weight excluding hydrogens is 586 g/mol. The second kappa shape index (κ2) is 12.9.